The molecule has 0 unspecified atom stereocenters. The average molecular weight is 246 g/mol. The Hall–Kier alpha value is -1.35. The van der Waals surface area contributed by atoms with Crippen LogP contribution in [0.25, 0.3) is 10.4 Å². The monoisotopic (exact) mass is 246 g/mol. The topological polar surface area (TPSA) is 24.9 Å². The third-order valence-corrected chi connectivity index (χ3v) is 4.25. The molecule has 17 heavy (non-hydrogen) atoms. The summed E-state index contributed by atoms with van der Waals surface area (Å²) in [6.07, 6.45) is 0. The minimum atomic E-state index is 0.504. The molecule has 0 spiro atoms. The Morgan fingerprint density at radius 3 is 2.29 bits per heavy atom. The van der Waals surface area contributed by atoms with Gasteiger partial charge >= 0.3 is 0 Å². The summed E-state index contributed by atoms with van der Waals surface area (Å²) in [6, 6.07) is 8.50. The standard InChI is InChI=1S/C14H18N2S/c1-9(2)14-16-10(3)13(17-14)11-5-7-12(15-4)8-6-11/h5-9,15H,1-4H3. The lowest BCUT2D eigenvalue weighted by Gasteiger charge is -2.02. The van der Waals surface area contributed by atoms with Gasteiger partial charge in [0.2, 0.25) is 0 Å². The van der Waals surface area contributed by atoms with Gasteiger partial charge < -0.3 is 5.32 Å². The molecule has 3 heteroatoms. The van der Waals surface area contributed by atoms with Crippen LogP contribution in [0.4, 0.5) is 5.69 Å². The fourth-order valence-corrected chi connectivity index (χ4v) is 2.80. The highest BCUT2D eigenvalue weighted by Gasteiger charge is 2.11. The van der Waals surface area contributed by atoms with E-state index in [1.54, 1.807) is 11.3 Å². The van der Waals surface area contributed by atoms with E-state index in [0.29, 0.717) is 5.92 Å². The Bertz CT molecular complexity index is 497. The van der Waals surface area contributed by atoms with Crippen LogP contribution in [0, 0.1) is 6.92 Å². The van der Waals surface area contributed by atoms with Crippen LogP contribution in [0.2, 0.25) is 0 Å². The van der Waals surface area contributed by atoms with E-state index in [9.17, 15) is 0 Å². The highest BCUT2D eigenvalue weighted by atomic mass is 32.1. The molecule has 0 aliphatic rings. The summed E-state index contributed by atoms with van der Waals surface area (Å²) in [5, 5.41) is 4.35. The number of rotatable bonds is 3. The molecule has 0 saturated carbocycles. The van der Waals surface area contributed by atoms with Crippen LogP contribution < -0.4 is 5.32 Å². The molecule has 0 atom stereocenters. The molecule has 1 heterocycles. The quantitative estimate of drug-likeness (QED) is 0.874. The van der Waals surface area contributed by atoms with Crippen molar-refractivity contribution >= 4 is 17.0 Å². The van der Waals surface area contributed by atoms with Crippen LogP contribution in [0.5, 0.6) is 0 Å². The van der Waals surface area contributed by atoms with Crippen molar-refractivity contribution in [1.82, 2.24) is 4.98 Å². The second kappa shape index (κ2) is 4.88. The Balaban J connectivity index is 2.38. The van der Waals surface area contributed by atoms with E-state index in [4.69, 9.17) is 0 Å². The molecular formula is C14H18N2S. The number of hydrogen-bond acceptors (Lipinski definition) is 3. The second-order valence-corrected chi connectivity index (χ2v) is 5.48. The van der Waals surface area contributed by atoms with Gasteiger partial charge in [-0.25, -0.2) is 4.98 Å². The highest BCUT2D eigenvalue weighted by molar-refractivity contribution is 7.15. The molecule has 0 saturated heterocycles. The van der Waals surface area contributed by atoms with Gasteiger partial charge in [-0.15, -0.1) is 11.3 Å². The lowest BCUT2D eigenvalue weighted by molar-refractivity contribution is 0.847. The first-order valence-corrected chi connectivity index (χ1v) is 6.69. The number of nitrogens with one attached hydrogen (secondary N) is 1. The molecule has 0 aliphatic carbocycles. The van der Waals surface area contributed by atoms with Gasteiger partial charge in [-0.3, -0.25) is 0 Å². The summed E-state index contributed by atoms with van der Waals surface area (Å²) in [7, 11) is 1.93. The van der Waals surface area contributed by atoms with E-state index in [1.165, 1.54) is 15.4 Å². The number of nitrogens with zero attached hydrogens (tertiary/aromatic N) is 1. The second-order valence-electron chi connectivity index (χ2n) is 4.45. The summed E-state index contributed by atoms with van der Waals surface area (Å²) >= 11 is 1.80. The van der Waals surface area contributed by atoms with Gasteiger partial charge in [0.25, 0.3) is 0 Å². The van der Waals surface area contributed by atoms with E-state index >= 15 is 0 Å². The van der Waals surface area contributed by atoms with Crippen molar-refractivity contribution in [2.75, 3.05) is 12.4 Å². The summed E-state index contributed by atoms with van der Waals surface area (Å²) in [4.78, 5) is 5.92. The summed E-state index contributed by atoms with van der Waals surface area (Å²) in [6.45, 7) is 6.46. The first-order valence-electron chi connectivity index (χ1n) is 5.87. The molecular weight excluding hydrogens is 228 g/mol. The molecule has 1 aromatic carbocycles. The first kappa shape index (κ1) is 12.1. The predicted molar refractivity (Wildman–Crippen MR) is 75.9 cm³/mol. The van der Waals surface area contributed by atoms with E-state index in [1.807, 2.05) is 7.05 Å². The molecule has 0 fully saturated rings. The fraction of sp³-hybridized carbons (Fsp3) is 0.357. The van der Waals surface area contributed by atoms with Crippen LogP contribution in [-0.2, 0) is 0 Å². The van der Waals surface area contributed by atoms with Crippen LogP contribution in [-0.4, -0.2) is 12.0 Å². The SMILES string of the molecule is CNc1ccc(-c2sc(C(C)C)nc2C)cc1. The molecule has 90 valence electrons. The number of aryl methyl sites for hydroxylation is 1. The largest absolute Gasteiger partial charge is 0.388 e. The zero-order chi connectivity index (χ0) is 12.4. The number of thiazole rings is 1. The summed E-state index contributed by atoms with van der Waals surface area (Å²) < 4.78 is 0. The summed E-state index contributed by atoms with van der Waals surface area (Å²) in [5.41, 5.74) is 3.53. The van der Waals surface area contributed by atoms with Crippen LogP contribution in [0.15, 0.2) is 24.3 Å². The maximum Gasteiger partial charge on any atom is 0.0959 e. The van der Waals surface area contributed by atoms with Gasteiger partial charge in [0.1, 0.15) is 0 Å². The smallest absolute Gasteiger partial charge is 0.0959 e. The van der Waals surface area contributed by atoms with Crippen LogP contribution in [0.1, 0.15) is 30.5 Å². The molecule has 0 radical (unpaired) electrons. The van der Waals surface area contributed by atoms with Crippen molar-refractivity contribution in [3.63, 3.8) is 0 Å². The minimum absolute atomic E-state index is 0.504. The van der Waals surface area contributed by atoms with Crippen LogP contribution >= 0.6 is 11.3 Å². The first-order chi connectivity index (χ1) is 8.11. The molecule has 1 N–H and O–H groups in total. The normalized spacial score (nSPS) is 10.9. The summed E-state index contributed by atoms with van der Waals surface area (Å²) in [5.74, 6) is 0.504. The molecule has 1 aromatic heterocycles. The molecule has 2 rings (SSSR count). The predicted octanol–water partition coefficient (Wildman–Crippen LogP) is 4.28. The number of anilines is 1. The molecule has 2 aromatic rings. The van der Waals surface area contributed by atoms with Crippen LogP contribution in [0.3, 0.4) is 0 Å². The lowest BCUT2D eigenvalue weighted by atomic mass is 10.1. The van der Waals surface area contributed by atoms with E-state index < -0.39 is 0 Å². The minimum Gasteiger partial charge on any atom is -0.388 e. The van der Waals surface area contributed by atoms with Gasteiger partial charge in [0.15, 0.2) is 0 Å². The third kappa shape index (κ3) is 2.50. The number of aromatic nitrogens is 1. The van der Waals surface area contributed by atoms with Gasteiger partial charge in [0, 0.05) is 18.7 Å². The van der Waals surface area contributed by atoms with Crippen molar-refractivity contribution in [3.8, 4) is 10.4 Å². The maximum absolute atomic E-state index is 4.63. The zero-order valence-corrected chi connectivity index (χ0v) is 11.6. The zero-order valence-electron chi connectivity index (χ0n) is 10.7. The van der Waals surface area contributed by atoms with Gasteiger partial charge in [-0.05, 0) is 24.6 Å². The van der Waals surface area contributed by atoms with Gasteiger partial charge in [-0.2, -0.15) is 0 Å². The van der Waals surface area contributed by atoms with Crippen molar-refractivity contribution < 1.29 is 0 Å². The molecule has 2 nitrogen and oxygen atoms in total. The molecule has 0 aliphatic heterocycles. The third-order valence-electron chi connectivity index (χ3n) is 2.74. The number of hydrogen-bond donors (Lipinski definition) is 1. The van der Waals surface area contributed by atoms with E-state index in [0.717, 1.165) is 11.4 Å². The molecule has 0 bridgehead atoms. The Morgan fingerprint density at radius 2 is 1.82 bits per heavy atom. The fourth-order valence-electron chi connectivity index (χ4n) is 1.72. The van der Waals surface area contributed by atoms with Gasteiger partial charge in [0.05, 0.1) is 15.6 Å². The van der Waals surface area contributed by atoms with Gasteiger partial charge in [-0.1, -0.05) is 26.0 Å². The highest BCUT2D eigenvalue weighted by Crippen LogP contribution is 2.33. The lowest BCUT2D eigenvalue weighted by Crippen LogP contribution is -1.86. The maximum atomic E-state index is 4.63. The Kier molecular flexibility index (Phi) is 3.48. The van der Waals surface area contributed by atoms with Crippen molar-refractivity contribution in [2.24, 2.45) is 0 Å². The van der Waals surface area contributed by atoms with E-state index in [-0.39, 0.29) is 0 Å². The Labute approximate surface area is 107 Å². The van der Waals surface area contributed by atoms with Crippen molar-refractivity contribution in [1.29, 1.82) is 0 Å². The Morgan fingerprint density at radius 1 is 1.18 bits per heavy atom. The molecule has 0 amide bonds. The van der Waals surface area contributed by atoms with E-state index in [2.05, 4.69) is 55.3 Å². The van der Waals surface area contributed by atoms with Crippen molar-refractivity contribution in [2.45, 2.75) is 26.7 Å². The number of benzene rings is 1. The van der Waals surface area contributed by atoms with Crippen molar-refractivity contribution in [3.05, 3.63) is 35.0 Å². The average Bonchev–Trinajstić information content (AvgIpc) is 2.72.